The minimum Gasteiger partial charge on any atom is -0.395 e. The van der Waals surface area contributed by atoms with E-state index in [1.54, 1.807) is 36.2 Å². The molecule has 0 aliphatic heterocycles. The lowest BCUT2D eigenvalue weighted by Gasteiger charge is -2.15. The van der Waals surface area contributed by atoms with Crippen molar-refractivity contribution in [1.29, 1.82) is 0 Å². The second kappa shape index (κ2) is 6.07. The molecular formula is C13H16N4O3. The smallest absolute Gasteiger partial charge is 0.255 e. The van der Waals surface area contributed by atoms with E-state index in [0.717, 1.165) is 0 Å². The summed E-state index contributed by atoms with van der Waals surface area (Å²) in [6.45, 7) is 0.301. The Kier molecular flexibility index (Phi) is 4.21. The van der Waals surface area contributed by atoms with Crippen LogP contribution in [0.2, 0.25) is 0 Å². The van der Waals surface area contributed by atoms with Gasteiger partial charge < -0.3 is 25.6 Å². The molecule has 4 N–H and O–H groups in total. The number of aliphatic hydroxyl groups excluding tert-OH is 1. The summed E-state index contributed by atoms with van der Waals surface area (Å²) in [4.78, 5) is 13.7. The van der Waals surface area contributed by atoms with Gasteiger partial charge in [-0.3, -0.25) is 4.79 Å². The zero-order valence-corrected chi connectivity index (χ0v) is 11.0. The Hall–Kier alpha value is -2.54. The van der Waals surface area contributed by atoms with Gasteiger partial charge in [-0.05, 0) is 12.1 Å². The third kappa shape index (κ3) is 2.89. The summed E-state index contributed by atoms with van der Waals surface area (Å²) in [5.41, 5.74) is 6.47. The van der Waals surface area contributed by atoms with Crippen LogP contribution in [0.5, 0.6) is 0 Å². The fourth-order valence-electron chi connectivity index (χ4n) is 1.70. The van der Waals surface area contributed by atoms with Crippen LogP contribution in [-0.4, -0.2) is 36.4 Å². The van der Waals surface area contributed by atoms with E-state index in [-0.39, 0.29) is 18.4 Å². The number of hydrogen-bond acceptors (Lipinski definition) is 6. The number of rotatable bonds is 5. The van der Waals surface area contributed by atoms with Crippen LogP contribution in [-0.2, 0) is 0 Å². The Labute approximate surface area is 116 Å². The molecule has 20 heavy (non-hydrogen) atoms. The van der Waals surface area contributed by atoms with Crippen molar-refractivity contribution >= 4 is 23.3 Å². The minimum absolute atomic E-state index is 0.0223. The summed E-state index contributed by atoms with van der Waals surface area (Å²) in [5.74, 6) is 0.0917. The largest absolute Gasteiger partial charge is 0.395 e. The number of carbonyl (C=O) groups is 1. The van der Waals surface area contributed by atoms with Crippen LogP contribution < -0.4 is 16.0 Å². The highest BCUT2D eigenvalue weighted by Gasteiger charge is 2.19. The Balaban J connectivity index is 2.21. The van der Waals surface area contributed by atoms with E-state index >= 15 is 0 Å². The summed E-state index contributed by atoms with van der Waals surface area (Å²) in [5, 5.41) is 15.4. The highest BCUT2D eigenvalue weighted by Crippen LogP contribution is 2.30. The molecule has 2 rings (SSSR count). The molecule has 1 aromatic heterocycles. The lowest BCUT2D eigenvalue weighted by Crippen LogP contribution is -2.23. The molecule has 0 saturated carbocycles. The van der Waals surface area contributed by atoms with Gasteiger partial charge in [0.05, 0.1) is 6.61 Å². The number of nitrogen functional groups attached to an aromatic ring is 1. The van der Waals surface area contributed by atoms with E-state index in [2.05, 4.69) is 10.5 Å². The van der Waals surface area contributed by atoms with Crippen molar-refractivity contribution < 1.29 is 14.4 Å². The molecule has 1 amide bonds. The van der Waals surface area contributed by atoms with Gasteiger partial charge in [0, 0.05) is 19.2 Å². The number of carbonyl (C=O) groups excluding carboxylic acids is 1. The van der Waals surface area contributed by atoms with Gasteiger partial charge in [0.1, 0.15) is 0 Å². The van der Waals surface area contributed by atoms with Gasteiger partial charge in [-0.1, -0.05) is 23.4 Å². The number of likely N-dealkylation sites (N-methyl/N-ethyl adjacent to an activating group) is 1. The summed E-state index contributed by atoms with van der Waals surface area (Å²) in [6, 6.07) is 8.74. The predicted octanol–water partition coefficient (Wildman–Crippen LogP) is 0.938. The quantitative estimate of drug-likeness (QED) is 0.750. The van der Waals surface area contributed by atoms with Gasteiger partial charge in [-0.15, -0.1) is 0 Å². The maximum Gasteiger partial charge on any atom is 0.255 e. The van der Waals surface area contributed by atoms with Gasteiger partial charge >= 0.3 is 0 Å². The van der Waals surface area contributed by atoms with Gasteiger partial charge in [0.25, 0.3) is 5.91 Å². The number of nitrogens with zero attached hydrogens (tertiary/aromatic N) is 2. The van der Waals surface area contributed by atoms with Crippen molar-refractivity contribution in [2.75, 3.05) is 36.1 Å². The van der Waals surface area contributed by atoms with E-state index < -0.39 is 0 Å². The Bertz CT molecular complexity index is 583. The zero-order chi connectivity index (χ0) is 14.5. The minimum atomic E-state index is -0.306. The molecule has 0 aliphatic rings. The average molecular weight is 276 g/mol. The number of nitrogens with one attached hydrogen (secondary N) is 1. The number of amides is 1. The second-order valence-corrected chi connectivity index (χ2v) is 4.21. The van der Waals surface area contributed by atoms with Crippen molar-refractivity contribution in [3.05, 3.63) is 35.9 Å². The first kappa shape index (κ1) is 13.9. The molecule has 0 spiro atoms. The topological polar surface area (TPSA) is 105 Å². The van der Waals surface area contributed by atoms with Gasteiger partial charge in [-0.2, -0.15) is 0 Å². The molecule has 106 valence electrons. The van der Waals surface area contributed by atoms with Crippen LogP contribution in [0.25, 0.3) is 0 Å². The van der Waals surface area contributed by atoms with Crippen LogP contribution in [0, 0.1) is 0 Å². The first-order chi connectivity index (χ1) is 9.63. The molecule has 0 saturated heterocycles. The standard InChI is InChI=1S/C13H16N4O3/c1-17(7-8-18)12-10(11(14)20-16-12)15-13(19)9-5-3-2-4-6-9/h2-6,18H,7-8,14H2,1H3,(H,15,19). The van der Waals surface area contributed by atoms with Crippen molar-refractivity contribution in [1.82, 2.24) is 5.16 Å². The molecule has 2 aromatic rings. The predicted molar refractivity (Wildman–Crippen MR) is 75.7 cm³/mol. The van der Waals surface area contributed by atoms with Gasteiger partial charge in [0.15, 0.2) is 11.5 Å². The molecule has 7 nitrogen and oxygen atoms in total. The van der Waals surface area contributed by atoms with Crippen molar-refractivity contribution in [2.24, 2.45) is 0 Å². The number of aliphatic hydroxyl groups is 1. The highest BCUT2D eigenvalue weighted by molar-refractivity contribution is 6.07. The van der Waals surface area contributed by atoms with Crippen LogP contribution in [0.3, 0.4) is 0 Å². The Morgan fingerprint density at radius 2 is 2.15 bits per heavy atom. The van der Waals surface area contributed by atoms with E-state index in [0.29, 0.717) is 23.6 Å². The molecule has 1 aromatic carbocycles. The fourth-order valence-corrected chi connectivity index (χ4v) is 1.70. The number of nitrogens with two attached hydrogens (primary N) is 1. The molecular weight excluding hydrogens is 260 g/mol. The SMILES string of the molecule is CN(CCO)c1noc(N)c1NC(=O)c1ccccc1. The van der Waals surface area contributed by atoms with E-state index in [9.17, 15) is 4.79 Å². The first-order valence-electron chi connectivity index (χ1n) is 6.07. The summed E-state index contributed by atoms with van der Waals surface area (Å²) < 4.78 is 4.89. The number of anilines is 3. The number of benzene rings is 1. The molecule has 0 aliphatic carbocycles. The average Bonchev–Trinajstić information content (AvgIpc) is 2.81. The third-order valence-corrected chi connectivity index (χ3v) is 2.77. The molecule has 0 bridgehead atoms. The number of hydrogen-bond donors (Lipinski definition) is 3. The normalized spacial score (nSPS) is 10.3. The maximum atomic E-state index is 12.1. The molecule has 1 heterocycles. The highest BCUT2D eigenvalue weighted by atomic mass is 16.5. The first-order valence-corrected chi connectivity index (χ1v) is 6.07. The fraction of sp³-hybridized carbons (Fsp3) is 0.231. The van der Waals surface area contributed by atoms with Crippen LogP contribution in [0.4, 0.5) is 17.4 Å². The summed E-state index contributed by atoms with van der Waals surface area (Å²) in [7, 11) is 1.71. The molecule has 0 radical (unpaired) electrons. The molecule has 7 heteroatoms. The van der Waals surface area contributed by atoms with E-state index in [4.69, 9.17) is 15.4 Å². The Morgan fingerprint density at radius 1 is 1.45 bits per heavy atom. The molecule has 0 unspecified atom stereocenters. The number of aromatic nitrogens is 1. The monoisotopic (exact) mass is 276 g/mol. The zero-order valence-electron chi connectivity index (χ0n) is 11.0. The third-order valence-electron chi connectivity index (χ3n) is 2.77. The van der Waals surface area contributed by atoms with Gasteiger partial charge in [-0.25, -0.2) is 0 Å². The summed E-state index contributed by atoms with van der Waals surface area (Å²) >= 11 is 0. The molecule has 0 atom stereocenters. The van der Waals surface area contributed by atoms with Crippen LogP contribution in [0.1, 0.15) is 10.4 Å². The van der Waals surface area contributed by atoms with Crippen LogP contribution in [0.15, 0.2) is 34.9 Å². The lowest BCUT2D eigenvalue weighted by molar-refractivity contribution is 0.102. The van der Waals surface area contributed by atoms with Gasteiger partial charge in [0.2, 0.25) is 5.88 Å². The van der Waals surface area contributed by atoms with Crippen molar-refractivity contribution in [3.8, 4) is 0 Å². The summed E-state index contributed by atoms with van der Waals surface area (Å²) in [6.07, 6.45) is 0. The van der Waals surface area contributed by atoms with Crippen LogP contribution >= 0.6 is 0 Å². The lowest BCUT2D eigenvalue weighted by atomic mass is 10.2. The Morgan fingerprint density at radius 3 is 2.80 bits per heavy atom. The second-order valence-electron chi connectivity index (χ2n) is 4.21. The van der Waals surface area contributed by atoms with Crippen molar-refractivity contribution in [3.63, 3.8) is 0 Å². The van der Waals surface area contributed by atoms with E-state index in [1.807, 2.05) is 6.07 Å². The van der Waals surface area contributed by atoms with Crippen molar-refractivity contribution in [2.45, 2.75) is 0 Å². The van der Waals surface area contributed by atoms with E-state index in [1.165, 1.54) is 0 Å². The molecule has 0 fully saturated rings. The maximum absolute atomic E-state index is 12.1.